The molecule has 0 aliphatic heterocycles. The number of aromatic nitrogens is 2. The topological polar surface area (TPSA) is 56.3 Å². The lowest BCUT2D eigenvalue weighted by molar-refractivity contribution is 0.395. The van der Waals surface area contributed by atoms with Gasteiger partial charge in [-0.05, 0) is 24.8 Å². The Morgan fingerprint density at radius 3 is 2.32 bits per heavy atom. The van der Waals surface area contributed by atoms with E-state index < -0.39 is 0 Å². The van der Waals surface area contributed by atoms with Gasteiger partial charge in [0.2, 0.25) is 0 Å². The van der Waals surface area contributed by atoms with Crippen LogP contribution in [0.25, 0.3) is 10.2 Å². The lowest BCUT2D eigenvalue weighted by Crippen LogP contribution is -1.99. The van der Waals surface area contributed by atoms with Crippen molar-refractivity contribution >= 4 is 33.1 Å². The molecule has 2 aromatic heterocycles. The van der Waals surface area contributed by atoms with Crippen molar-refractivity contribution in [1.82, 2.24) is 9.97 Å². The molecule has 0 fully saturated rings. The molecule has 0 atom stereocenters. The molecule has 1 aromatic carbocycles. The first-order chi connectivity index (χ1) is 10.6. The molecular formula is C16H17N3O2S. The van der Waals surface area contributed by atoms with Crippen LogP contribution >= 0.6 is 11.3 Å². The van der Waals surface area contributed by atoms with Gasteiger partial charge in [0.15, 0.2) is 0 Å². The van der Waals surface area contributed by atoms with Crippen molar-refractivity contribution in [2.75, 3.05) is 19.5 Å². The number of benzene rings is 1. The second-order valence-electron chi connectivity index (χ2n) is 4.94. The summed E-state index contributed by atoms with van der Waals surface area (Å²) in [5, 5.41) is 6.51. The number of nitrogens with one attached hydrogen (secondary N) is 1. The predicted octanol–water partition coefficient (Wildman–Crippen LogP) is 4.07. The van der Waals surface area contributed by atoms with Gasteiger partial charge in [-0.25, -0.2) is 9.97 Å². The molecule has 0 saturated heterocycles. The summed E-state index contributed by atoms with van der Waals surface area (Å²) in [4.78, 5) is 10.0. The van der Waals surface area contributed by atoms with E-state index in [9.17, 15) is 0 Å². The molecule has 0 saturated carbocycles. The zero-order valence-corrected chi connectivity index (χ0v) is 13.7. The first-order valence-corrected chi connectivity index (χ1v) is 7.71. The summed E-state index contributed by atoms with van der Waals surface area (Å²) in [6.07, 6.45) is 0. The van der Waals surface area contributed by atoms with E-state index >= 15 is 0 Å². The van der Waals surface area contributed by atoms with E-state index in [1.807, 2.05) is 25.1 Å². The van der Waals surface area contributed by atoms with Gasteiger partial charge in [-0.15, -0.1) is 11.3 Å². The summed E-state index contributed by atoms with van der Waals surface area (Å²) < 4.78 is 10.6. The van der Waals surface area contributed by atoms with E-state index in [4.69, 9.17) is 9.47 Å². The number of thiophene rings is 1. The molecule has 0 amide bonds. The van der Waals surface area contributed by atoms with E-state index in [1.165, 1.54) is 0 Å². The molecule has 0 spiro atoms. The summed E-state index contributed by atoms with van der Waals surface area (Å²) in [6, 6.07) is 5.66. The highest BCUT2D eigenvalue weighted by atomic mass is 32.1. The standard InChI is InChI=1S/C16H17N3O2S/c1-9-8-22-16-14(9)15(17-10(2)18-16)19-11-5-12(20-3)7-13(6-11)21-4/h5-8H,1-4H3,(H,17,18,19). The van der Waals surface area contributed by atoms with Crippen molar-refractivity contribution in [3.05, 3.63) is 35.0 Å². The Hall–Kier alpha value is -2.34. The van der Waals surface area contributed by atoms with Crippen molar-refractivity contribution in [2.45, 2.75) is 13.8 Å². The quantitative estimate of drug-likeness (QED) is 0.786. The van der Waals surface area contributed by atoms with Gasteiger partial charge in [0.25, 0.3) is 0 Å². The van der Waals surface area contributed by atoms with Crippen LogP contribution in [-0.4, -0.2) is 24.2 Å². The number of rotatable bonds is 4. The van der Waals surface area contributed by atoms with Gasteiger partial charge in [0.05, 0.1) is 19.6 Å². The molecule has 2 heterocycles. The van der Waals surface area contributed by atoms with Gasteiger partial charge < -0.3 is 14.8 Å². The summed E-state index contributed by atoms with van der Waals surface area (Å²) in [6.45, 7) is 3.96. The molecule has 5 nitrogen and oxygen atoms in total. The molecular weight excluding hydrogens is 298 g/mol. The van der Waals surface area contributed by atoms with Crippen LogP contribution in [0.4, 0.5) is 11.5 Å². The minimum Gasteiger partial charge on any atom is -0.497 e. The van der Waals surface area contributed by atoms with Crippen LogP contribution in [-0.2, 0) is 0 Å². The largest absolute Gasteiger partial charge is 0.497 e. The summed E-state index contributed by atoms with van der Waals surface area (Å²) >= 11 is 1.63. The van der Waals surface area contributed by atoms with E-state index in [0.29, 0.717) is 0 Å². The molecule has 22 heavy (non-hydrogen) atoms. The number of hydrogen-bond acceptors (Lipinski definition) is 6. The average Bonchev–Trinajstić information content (AvgIpc) is 2.87. The third kappa shape index (κ3) is 2.69. The van der Waals surface area contributed by atoms with Gasteiger partial charge in [-0.2, -0.15) is 0 Å². The van der Waals surface area contributed by atoms with Crippen LogP contribution < -0.4 is 14.8 Å². The molecule has 0 aliphatic carbocycles. The second kappa shape index (κ2) is 5.81. The maximum Gasteiger partial charge on any atom is 0.143 e. The van der Waals surface area contributed by atoms with Crippen molar-refractivity contribution in [1.29, 1.82) is 0 Å². The molecule has 0 radical (unpaired) electrons. The first-order valence-electron chi connectivity index (χ1n) is 6.83. The van der Waals surface area contributed by atoms with E-state index in [1.54, 1.807) is 25.6 Å². The van der Waals surface area contributed by atoms with Crippen molar-refractivity contribution in [3.63, 3.8) is 0 Å². The van der Waals surface area contributed by atoms with Gasteiger partial charge in [0, 0.05) is 23.9 Å². The number of fused-ring (bicyclic) bond motifs is 1. The normalized spacial score (nSPS) is 10.7. The van der Waals surface area contributed by atoms with E-state index in [0.717, 1.165) is 44.6 Å². The van der Waals surface area contributed by atoms with Crippen molar-refractivity contribution in [2.24, 2.45) is 0 Å². The Morgan fingerprint density at radius 1 is 1.00 bits per heavy atom. The number of nitrogens with zero attached hydrogens (tertiary/aromatic N) is 2. The third-order valence-corrected chi connectivity index (χ3v) is 4.33. The predicted molar refractivity (Wildman–Crippen MR) is 89.7 cm³/mol. The van der Waals surface area contributed by atoms with Gasteiger partial charge in [-0.1, -0.05) is 0 Å². The molecule has 6 heteroatoms. The van der Waals surface area contributed by atoms with Crippen molar-refractivity contribution < 1.29 is 9.47 Å². The Labute approximate surface area is 132 Å². The zero-order valence-electron chi connectivity index (χ0n) is 12.9. The van der Waals surface area contributed by atoms with E-state index in [-0.39, 0.29) is 0 Å². The maximum absolute atomic E-state index is 5.30. The maximum atomic E-state index is 5.30. The summed E-state index contributed by atoms with van der Waals surface area (Å²) in [7, 11) is 3.27. The third-order valence-electron chi connectivity index (χ3n) is 3.34. The lowest BCUT2D eigenvalue weighted by Gasteiger charge is -2.11. The number of ether oxygens (including phenoxy) is 2. The molecule has 114 valence electrons. The number of aryl methyl sites for hydroxylation is 2. The minimum atomic E-state index is 0.728. The minimum absolute atomic E-state index is 0.728. The fourth-order valence-corrected chi connectivity index (χ4v) is 3.26. The number of hydrogen-bond donors (Lipinski definition) is 1. The number of methoxy groups -OCH3 is 2. The zero-order chi connectivity index (χ0) is 15.7. The summed E-state index contributed by atoms with van der Waals surface area (Å²) in [5.74, 6) is 3.00. The highest BCUT2D eigenvalue weighted by Crippen LogP contribution is 2.33. The molecule has 3 aromatic rings. The van der Waals surface area contributed by atoms with Crippen LogP contribution in [0.5, 0.6) is 11.5 Å². The van der Waals surface area contributed by atoms with Crippen molar-refractivity contribution in [3.8, 4) is 11.5 Å². The monoisotopic (exact) mass is 315 g/mol. The fraction of sp³-hybridized carbons (Fsp3) is 0.250. The first kappa shape index (κ1) is 14.6. The molecule has 0 aliphatic rings. The fourth-order valence-electron chi connectivity index (χ4n) is 2.30. The Morgan fingerprint density at radius 2 is 1.68 bits per heavy atom. The smallest absolute Gasteiger partial charge is 0.143 e. The van der Waals surface area contributed by atoms with E-state index in [2.05, 4.69) is 27.6 Å². The van der Waals surface area contributed by atoms with Crippen LogP contribution in [0.1, 0.15) is 11.4 Å². The number of anilines is 2. The Kier molecular flexibility index (Phi) is 3.85. The highest BCUT2D eigenvalue weighted by molar-refractivity contribution is 7.17. The van der Waals surface area contributed by atoms with Crippen LogP contribution in [0.2, 0.25) is 0 Å². The lowest BCUT2D eigenvalue weighted by atomic mass is 10.2. The average molecular weight is 315 g/mol. The van der Waals surface area contributed by atoms with Gasteiger partial charge >= 0.3 is 0 Å². The SMILES string of the molecule is COc1cc(Nc2nc(C)nc3scc(C)c23)cc(OC)c1. The molecule has 3 rings (SSSR count). The Bertz CT molecular complexity index is 807. The second-order valence-corrected chi connectivity index (χ2v) is 5.80. The van der Waals surface area contributed by atoms with Gasteiger partial charge in [-0.3, -0.25) is 0 Å². The van der Waals surface area contributed by atoms with Crippen LogP contribution in [0, 0.1) is 13.8 Å². The Balaban J connectivity index is 2.08. The van der Waals surface area contributed by atoms with Crippen LogP contribution in [0.3, 0.4) is 0 Å². The molecule has 1 N–H and O–H groups in total. The summed E-state index contributed by atoms with van der Waals surface area (Å²) in [5.41, 5.74) is 2.03. The van der Waals surface area contributed by atoms with Gasteiger partial charge in [0.1, 0.15) is 28.0 Å². The molecule has 0 bridgehead atoms. The highest BCUT2D eigenvalue weighted by Gasteiger charge is 2.11. The molecule has 0 unspecified atom stereocenters. The van der Waals surface area contributed by atoms with Crippen LogP contribution in [0.15, 0.2) is 23.6 Å².